The van der Waals surface area contributed by atoms with E-state index in [4.69, 9.17) is 9.84 Å². The molecule has 6 heteroatoms. The van der Waals surface area contributed by atoms with Crippen molar-refractivity contribution in [2.75, 3.05) is 7.11 Å². The second kappa shape index (κ2) is 6.39. The number of aromatic nitrogens is 2. The summed E-state index contributed by atoms with van der Waals surface area (Å²) < 4.78 is 5.18. The molecule has 0 aliphatic heterocycles. The van der Waals surface area contributed by atoms with E-state index in [0.717, 1.165) is 16.6 Å². The molecule has 6 nitrogen and oxygen atoms in total. The first-order chi connectivity index (χ1) is 11.2. The predicted octanol–water partition coefficient (Wildman–Crippen LogP) is 3.32. The Kier molecular flexibility index (Phi) is 4.14. The molecule has 0 atom stereocenters. The third-order valence-electron chi connectivity index (χ3n) is 3.38. The zero-order chi connectivity index (χ0) is 16.2. The number of hydrogen-bond acceptors (Lipinski definition) is 5. The fraction of sp³-hybridized carbons (Fsp3) is 0.176. The van der Waals surface area contributed by atoms with E-state index < -0.39 is 5.97 Å². The molecule has 1 heterocycles. The van der Waals surface area contributed by atoms with Gasteiger partial charge in [0.05, 0.1) is 35.8 Å². The molecule has 0 saturated heterocycles. The predicted molar refractivity (Wildman–Crippen MR) is 88.0 cm³/mol. The number of aliphatic imine (C=N–C) groups is 1. The summed E-state index contributed by atoms with van der Waals surface area (Å²) in [4.78, 5) is 24.3. The molecule has 0 bridgehead atoms. The Morgan fingerprint density at radius 2 is 1.74 bits per heavy atom. The second-order valence-electron chi connectivity index (χ2n) is 4.96. The summed E-state index contributed by atoms with van der Waals surface area (Å²) in [6, 6.07) is 13.1. The van der Waals surface area contributed by atoms with Crippen LogP contribution in [0.1, 0.15) is 12.8 Å². The van der Waals surface area contributed by atoms with Gasteiger partial charge in [-0.05, 0) is 24.3 Å². The smallest absolute Gasteiger partial charge is 0.303 e. The fourth-order valence-electron chi connectivity index (χ4n) is 2.27. The highest BCUT2D eigenvalue weighted by Crippen LogP contribution is 2.25. The number of ether oxygens (including phenoxy) is 1. The van der Waals surface area contributed by atoms with Crippen LogP contribution in [0, 0.1) is 0 Å². The van der Waals surface area contributed by atoms with Crippen LogP contribution >= 0.6 is 0 Å². The van der Waals surface area contributed by atoms with Gasteiger partial charge in [-0.3, -0.25) is 4.79 Å². The third kappa shape index (κ3) is 3.26. The van der Waals surface area contributed by atoms with Gasteiger partial charge in [-0.25, -0.2) is 15.0 Å². The summed E-state index contributed by atoms with van der Waals surface area (Å²) in [5, 5.41) is 8.78. The molecule has 1 N–H and O–H groups in total. The topological polar surface area (TPSA) is 84.7 Å². The van der Waals surface area contributed by atoms with Gasteiger partial charge in [-0.1, -0.05) is 18.2 Å². The van der Waals surface area contributed by atoms with Crippen LogP contribution in [-0.4, -0.2) is 34.1 Å². The average Bonchev–Trinajstić information content (AvgIpc) is 2.56. The van der Waals surface area contributed by atoms with Crippen molar-refractivity contribution in [3.8, 4) is 0 Å². The minimum atomic E-state index is -0.890. The quantitative estimate of drug-likeness (QED) is 0.454. The monoisotopic (exact) mass is 309 g/mol. The van der Waals surface area contributed by atoms with Gasteiger partial charge in [0.15, 0.2) is 5.90 Å². The Hall–Kier alpha value is -3.02. The van der Waals surface area contributed by atoms with E-state index >= 15 is 0 Å². The lowest BCUT2D eigenvalue weighted by Crippen LogP contribution is -2.05. The molecule has 0 amide bonds. The number of para-hydroxylation sites is 3. The number of rotatable bonds is 4. The molecule has 2 aromatic carbocycles. The van der Waals surface area contributed by atoms with Crippen molar-refractivity contribution in [2.45, 2.75) is 12.8 Å². The van der Waals surface area contributed by atoms with Gasteiger partial charge in [0, 0.05) is 6.42 Å². The lowest BCUT2D eigenvalue weighted by Gasteiger charge is -2.06. The van der Waals surface area contributed by atoms with Gasteiger partial charge >= 0.3 is 5.97 Å². The summed E-state index contributed by atoms with van der Waals surface area (Å²) >= 11 is 0. The van der Waals surface area contributed by atoms with Crippen molar-refractivity contribution >= 4 is 39.6 Å². The molecule has 23 heavy (non-hydrogen) atoms. The molecule has 0 radical (unpaired) electrons. The van der Waals surface area contributed by atoms with Crippen LogP contribution in [-0.2, 0) is 9.53 Å². The number of fused-ring (bicyclic) bond motifs is 2. The minimum absolute atomic E-state index is 0.0357. The summed E-state index contributed by atoms with van der Waals surface area (Å²) in [5.74, 6) is -0.534. The first kappa shape index (κ1) is 14.9. The zero-order valence-electron chi connectivity index (χ0n) is 12.6. The number of methoxy groups -OCH3 is 1. The van der Waals surface area contributed by atoms with Crippen molar-refractivity contribution < 1.29 is 14.6 Å². The summed E-state index contributed by atoms with van der Waals surface area (Å²) in [6.07, 6.45) is 0.190. The minimum Gasteiger partial charge on any atom is -0.484 e. The first-order valence-electron chi connectivity index (χ1n) is 7.16. The Balaban J connectivity index is 2.09. The van der Waals surface area contributed by atoms with Gasteiger partial charge in [0.25, 0.3) is 0 Å². The van der Waals surface area contributed by atoms with Crippen molar-refractivity contribution in [3.05, 3.63) is 42.5 Å². The summed E-state index contributed by atoms with van der Waals surface area (Å²) in [7, 11) is 1.48. The van der Waals surface area contributed by atoms with Crippen LogP contribution in [0.15, 0.2) is 47.5 Å². The molecule has 3 aromatic rings. The number of carboxylic acids is 1. The van der Waals surface area contributed by atoms with Crippen LogP contribution < -0.4 is 0 Å². The lowest BCUT2D eigenvalue weighted by atomic mass is 10.2. The van der Waals surface area contributed by atoms with Gasteiger partial charge < -0.3 is 9.84 Å². The van der Waals surface area contributed by atoms with Gasteiger partial charge in [0.2, 0.25) is 0 Å². The Morgan fingerprint density at radius 1 is 1.04 bits per heavy atom. The van der Waals surface area contributed by atoms with Gasteiger partial charge in [0.1, 0.15) is 5.52 Å². The Labute approximate surface area is 132 Å². The van der Waals surface area contributed by atoms with Crippen LogP contribution in [0.4, 0.5) is 5.69 Å². The SMILES string of the molecule is COC(CCC(=O)O)=Nc1cccc2nc3ccccc3nc12. The molecular formula is C17H15N3O3. The normalized spacial score (nSPS) is 11.8. The van der Waals surface area contributed by atoms with E-state index in [0.29, 0.717) is 17.1 Å². The first-order valence-corrected chi connectivity index (χ1v) is 7.16. The van der Waals surface area contributed by atoms with E-state index in [9.17, 15) is 4.79 Å². The highest BCUT2D eigenvalue weighted by molar-refractivity contribution is 5.95. The van der Waals surface area contributed by atoms with Crippen LogP contribution in [0.3, 0.4) is 0 Å². The molecule has 0 aliphatic rings. The van der Waals surface area contributed by atoms with Crippen LogP contribution in [0.2, 0.25) is 0 Å². The summed E-state index contributed by atoms with van der Waals surface area (Å²) in [6.45, 7) is 0. The maximum absolute atomic E-state index is 10.7. The van der Waals surface area contributed by atoms with Gasteiger partial charge in [-0.2, -0.15) is 0 Å². The average molecular weight is 309 g/mol. The summed E-state index contributed by atoms with van der Waals surface area (Å²) in [5.41, 5.74) is 3.61. The maximum Gasteiger partial charge on any atom is 0.303 e. The van der Waals surface area contributed by atoms with E-state index in [-0.39, 0.29) is 12.8 Å². The highest BCUT2D eigenvalue weighted by Gasteiger charge is 2.08. The Morgan fingerprint density at radius 3 is 2.43 bits per heavy atom. The van der Waals surface area contributed by atoms with Gasteiger partial charge in [-0.15, -0.1) is 0 Å². The van der Waals surface area contributed by atoms with Crippen molar-refractivity contribution in [1.82, 2.24) is 9.97 Å². The Bertz CT molecular complexity index is 906. The molecular weight excluding hydrogens is 294 g/mol. The number of aliphatic carboxylic acids is 1. The number of carboxylic acid groups (broad SMARTS) is 1. The number of hydrogen-bond donors (Lipinski definition) is 1. The van der Waals surface area contributed by atoms with E-state index in [1.165, 1.54) is 7.11 Å². The van der Waals surface area contributed by atoms with E-state index in [1.807, 2.05) is 42.5 Å². The highest BCUT2D eigenvalue weighted by atomic mass is 16.5. The van der Waals surface area contributed by atoms with E-state index in [1.54, 1.807) is 0 Å². The van der Waals surface area contributed by atoms with Crippen LogP contribution in [0.25, 0.3) is 22.1 Å². The third-order valence-corrected chi connectivity index (χ3v) is 3.38. The molecule has 1 aromatic heterocycles. The molecule has 0 aliphatic carbocycles. The number of nitrogens with zero attached hydrogens (tertiary/aromatic N) is 3. The maximum atomic E-state index is 10.7. The largest absolute Gasteiger partial charge is 0.484 e. The van der Waals surface area contributed by atoms with Crippen molar-refractivity contribution in [3.63, 3.8) is 0 Å². The molecule has 3 rings (SSSR count). The molecule has 0 unspecified atom stereocenters. The van der Waals surface area contributed by atoms with Crippen molar-refractivity contribution in [2.24, 2.45) is 4.99 Å². The molecule has 116 valence electrons. The second-order valence-corrected chi connectivity index (χ2v) is 4.96. The lowest BCUT2D eigenvalue weighted by molar-refractivity contribution is -0.136. The molecule has 0 saturated carbocycles. The van der Waals surface area contributed by atoms with E-state index in [2.05, 4.69) is 15.0 Å². The fourth-order valence-corrected chi connectivity index (χ4v) is 2.27. The standard InChI is InChI=1S/C17H15N3O3/c1-23-15(9-10-16(21)22)19-14-8-4-7-13-17(14)20-12-6-3-2-5-11(12)18-13/h2-8H,9-10H2,1H3,(H,21,22). The zero-order valence-corrected chi connectivity index (χ0v) is 12.6. The molecule has 0 fully saturated rings. The van der Waals surface area contributed by atoms with Crippen molar-refractivity contribution in [1.29, 1.82) is 0 Å². The number of benzene rings is 2. The molecule has 0 spiro atoms. The van der Waals surface area contributed by atoms with Crippen LogP contribution in [0.5, 0.6) is 0 Å². The number of carbonyl (C=O) groups is 1.